The Labute approximate surface area is 168 Å². The van der Waals surface area contributed by atoms with Crippen LogP contribution in [0.2, 0.25) is 0 Å². The van der Waals surface area contributed by atoms with Gasteiger partial charge in [-0.15, -0.1) is 0 Å². The summed E-state index contributed by atoms with van der Waals surface area (Å²) in [6.07, 6.45) is 0.464. The quantitative estimate of drug-likeness (QED) is 0.605. The average Bonchev–Trinajstić information content (AvgIpc) is 2.71. The van der Waals surface area contributed by atoms with Gasteiger partial charge in [0.2, 0.25) is 6.41 Å². The average molecular weight is 388 g/mol. The van der Waals surface area contributed by atoms with E-state index in [0.29, 0.717) is 17.7 Å². The van der Waals surface area contributed by atoms with Crippen molar-refractivity contribution in [2.75, 3.05) is 10.2 Å². The van der Waals surface area contributed by atoms with Crippen molar-refractivity contribution in [2.24, 2.45) is 0 Å². The van der Waals surface area contributed by atoms with Crippen LogP contribution < -0.4 is 10.2 Å². The van der Waals surface area contributed by atoms with Gasteiger partial charge in [-0.05, 0) is 73.5 Å². The molecule has 0 unspecified atom stereocenters. The highest BCUT2D eigenvalue weighted by Crippen LogP contribution is 2.26. The van der Waals surface area contributed by atoms with Gasteiger partial charge in [0.25, 0.3) is 5.91 Å². The fourth-order valence-electron chi connectivity index (χ4n) is 3.01. The molecule has 6 heteroatoms. The third-order valence-corrected chi connectivity index (χ3v) is 4.57. The van der Waals surface area contributed by atoms with Crippen LogP contribution >= 0.6 is 0 Å². The number of aryl methyl sites for hydroxylation is 2. The number of anilines is 3. The number of aromatic carboxylic acids is 1. The van der Waals surface area contributed by atoms with E-state index in [1.165, 1.54) is 18.2 Å². The van der Waals surface area contributed by atoms with Gasteiger partial charge in [0.15, 0.2) is 0 Å². The van der Waals surface area contributed by atoms with E-state index in [0.717, 1.165) is 21.8 Å². The Balaban J connectivity index is 1.88. The summed E-state index contributed by atoms with van der Waals surface area (Å²) in [6, 6.07) is 19.1. The van der Waals surface area contributed by atoms with E-state index in [4.69, 9.17) is 5.11 Å². The van der Waals surface area contributed by atoms with E-state index in [1.807, 2.05) is 43.3 Å². The Morgan fingerprint density at radius 3 is 2.24 bits per heavy atom. The molecule has 2 amide bonds. The Kier molecular flexibility index (Phi) is 5.74. The normalized spacial score (nSPS) is 10.3. The van der Waals surface area contributed by atoms with Crippen LogP contribution in [0.3, 0.4) is 0 Å². The topological polar surface area (TPSA) is 86.7 Å². The molecule has 0 spiro atoms. The predicted octanol–water partition coefficient (Wildman–Crippen LogP) is 4.55. The molecule has 2 N–H and O–H groups in total. The van der Waals surface area contributed by atoms with Crippen molar-refractivity contribution in [1.29, 1.82) is 0 Å². The van der Waals surface area contributed by atoms with Crippen LogP contribution in [0.15, 0.2) is 66.7 Å². The number of hydrogen-bond acceptors (Lipinski definition) is 4. The highest BCUT2D eigenvalue weighted by atomic mass is 16.4. The van der Waals surface area contributed by atoms with Gasteiger partial charge < -0.3 is 10.4 Å². The summed E-state index contributed by atoms with van der Waals surface area (Å²) in [5, 5.41) is 12.4. The molecule has 6 nitrogen and oxygen atoms in total. The first kappa shape index (κ1) is 19.8. The number of carboxylic acids is 1. The van der Waals surface area contributed by atoms with Crippen LogP contribution in [0.25, 0.3) is 0 Å². The Hall–Kier alpha value is -3.93. The zero-order valence-corrected chi connectivity index (χ0v) is 16.0. The maximum absolute atomic E-state index is 12.9. The minimum Gasteiger partial charge on any atom is -0.478 e. The summed E-state index contributed by atoms with van der Waals surface area (Å²) in [6.45, 7) is 3.52. The van der Waals surface area contributed by atoms with Crippen molar-refractivity contribution >= 4 is 35.3 Å². The summed E-state index contributed by atoms with van der Waals surface area (Å²) in [5.74, 6) is -1.59. The van der Waals surface area contributed by atoms with E-state index in [9.17, 15) is 14.4 Å². The van der Waals surface area contributed by atoms with E-state index >= 15 is 0 Å². The fraction of sp³-hybridized carbons (Fsp3) is 0.0870. The second-order valence-corrected chi connectivity index (χ2v) is 6.61. The maximum Gasteiger partial charge on any atom is 0.335 e. The summed E-state index contributed by atoms with van der Waals surface area (Å²) < 4.78 is 0. The largest absolute Gasteiger partial charge is 0.478 e. The van der Waals surface area contributed by atoms with Gasteiger partial charge in [-0.2, -0.15) is 0 Å². The van der Waals surface area contributed by atoms with Crippen LogP contribution in [-0.2, 0) is 4.79 Å². The molecule has 0 saturated carbocycles. The number of carbonyl (C=O) groups excluding carboxylic acids is 2. The highest BCUT2D eigenvalue weighted by molar-refractivity contribution is 6.16. The number of hydrogen-bond donors (Lipinski definition) is 2. The Morgan fingerprint density at radius 2 is 1.66 bits per heavy atom. The van der Waals surface area contributed by atoms with E-state index in [-0.39, 0.29) is 11.1 Å². The predicted molar refractivity (Wildman–Crippen MR) is 112 cm³/mol. The van der Waals surface area contributed by atoms with Crippen molar-refractivity contribution in [3.63, 3.8) is 0 Å². The minimum atomic E-state index is -1.07. The molecule has 0 aliphatic rings. The third-order valence-electron chi connectivity index (χ3n) is 4.57. The Bertz CT molecular complexity index is 1080. The van der Waals surface area contributed by atoms with E-state index in [1.54, 1.807) is 19.1 Å². The van der Waals surface area contributed by atoms with Crippen molar-refractivity contribution in [3.8, 4) is 0 Å². The lowest BCUT2D eigenvalue weighted by molar-refractivity contribution is -0.106. The number of nitrogens with one attached hydrogen (secondary N) is 1. The third kappa shape index (κ3) is 4.32. The number of rotatable bonds is 6. The van der Waals surface area contributed by atoms with Gasteiger partial charge in [-0.3, -0.25) is 9.59 Å². The van der Waals surface area contributed by atoms with Crippen LogP contribution in [0.1, 0.15) is 31.8 Å². The molecule has 0 bridgehead atoms. The van der Waals surface area contributed by atoms with Crippen molar-refractivity contribution in [1.82, 2.24) is 0 Å². The number of nitrogens with zero attached hydrogens (tertiary/aromatic N) is 1. The SMILES string of the molecule is Cc1cc(N(C=O)C(=O)c2ccc(C(=O)O)cc2C)ccc1Nc1ccccc1. The number of carboxylic acid groups (broad SMARTS) is 1. The highest BCUT2D eigenvalue weighted by Gasteiger charge is 2.20. The smallest absolute Gasteiger partial charge is 0.335 e. The molecule has 0 aromatic heterocycles. The minimum absolute atomic E-state index is 0.0869. The van der Waals surface area contributed by atoms with Gasteiger partial charge >= 0.3 is 5.97 Å². The first-order chi connectivity index (χ1) is 13.9. The second-order valence-electron chi connectivity index (χ2n) is 6.61. The first-order valence-electron chi connectivity index (χ1n) is 8.96. The number of para-hydroxylation sites is 1. The van der Waals surface area contributed by atoms with Gasteiger partial charge in [0.1, 0.15) is 0 Å². The number of amides is 2. The van der Waals surface area contributed by atoms with Crippen molar-refractivity contribution in [2.45, 2.75) is 13.8 Å². The molecule has 3 aromatic carbocycles. The summed E-state index contributed by atoms with van der Waals surface area (Å²) in [5.41, 5.74) is 3.93. The van der Waals surface area contributed by atoms with Crippen molar-refractivity contribution in [3.05, 3.63) is 89.0 Å². The first-order valence-corrected chi connectivity index (χ1v) is 8.96. The maximum atomic E-state index is 12.9. The lowest BCUT2D eigenvalue weighted by atomic mass is 10.0. The molecule has 0 saturated heterocycles. The molecule has 3 rings (SSSR count). The van der Waals surface area contributed by atoms with Gasteiger partial charge in [-0.1, -0.05) is 18.2 Å². The molecule has 0 radical (unpaired) electrons. The molecule has 0 fully saturated rings. The van der Waals surface area contributed by atoms with Crippen LogP contribution in [0.5, 0.6) is 0 Å². The number of benzene rings is 3. The van der Waals surface area contributed by atoms with Crippen LogP contribution in [0, 0.1) is 13.8 Å². The Morgan fingerprint density at radius 1 is 0.931 bits per heavy atom. The second kappa shape index (κ2) is 8.39. The molecule has 0 heterocycles. The summed E-state index contributed by atoms with van der Waals surface area (Å²) in [7, 11) is 0. The van der Waals surface area contributed by atoms with Crippen LogP contribution in [-0.4, -0.2) is 23.4 Å². The zero-order chi connectivity index (χ0) is 21.0. The number of carbonyl (C=O) groups is 3. The van der Waals surface area contributed by atoms with E-state index in [2.05, 4.69) is 5.32 Å². The summed E-state index contributed by atoms with van der Waals surface area (Å²) >= 11 is 0. The molecule has 3 aromatic rings. The lowest BCUT2D eigenvalue weighted by Crippen LogP contribution is -2.30. The van der Waals surface area contributed by atoms with Gasteiger partial charge in [0.05, 0.1) is 11.3 Å². The molecule has 146 valence electrons. The van der Waals surface area contributed by atoms with Gasteiger partial charge in [-0.25, -0.2) is 9.69 Å². The molecule has 29 heavy (non-hydrogen) atoms. The summed E-state index contributed by atoms with van der Waals surface area (Å²) in [4.78, 5) is 36.7. The van der Waals surface area contributed by atoms with Crippen LogP contribution in [0.4, 0.5) is 17.1 Å². The molecular formula is C23H20N2O4. The lowest BCUT2D eigenvalue weighted by Gasteiger charge is -2.19. The molecule has 0 atom stereocenters. The van der Waals surface area contributed by atoms with E-state index < -0.39 is 11.9 Å². The number of imide groups is 1. The van der Waals surface area contributed by atoms with Crippen molar-refractivity contribution < 1.29 is 19.5 Å². The van der Waals surface area contributed by atoms with Gasteiger partial charge in [0, 0.05) is 16.9 Å². The molecule has 0 aliphatic carbocycles. The zero-order valence-electron chi connectivity index (χ0n) is 16.0. The fourth-order valence-corrected chi connectivity index (χ4v) is 3.01. The molecular weight excluding hydrogens is 368 g/mol. The standard InChI is InChI=1S/C23H20N2O4/c1-15-12-17(23(28)29)8-10-20(15)22(27)25(14-26)19-9-11-21(16(2)13-19)24-18-6-4-3-5-7-18/h3-14,24H,1-2H3,(H,28,29). The molecule has 0 aliphatic heterocycles. The monoisotopic (exact) mass is 388 g/mol.